The van der Waals surface area contributed by atoms with E-state index < -0.39 is 0 Å². The SMILES string of the molecule is CCN(CC)c1ccc(NC(=O)c2nc(C(=O)NC(C)C)c3n2CCCC3)cc1. The number of nitrogens with zero attached hydrogens (tertiary/aromatic N) is 3. The molecular formula is C22H31N5O2. The largest absolute Gasteiger partial charge is 0.372 e. The summed E-state index contributed by atoms with van der Waals surface area (Å²) in [6, 6.07) is 7.83. The lowest BCUT2D eigenvalue weighted by Crippen LogP contribution is -2.31. The number of imidazole rings is 1. The van der Waals surface area contributed by atoms with Crippen LogP contribution in [0.2, 0.25) is 0 Å². The van der Waals surface area contributed by atoms with E-state index in [1.165, 1.54) is 0 Å². The molecule has 0 saturated heterocycles. The van der Waals surface area contributed by atoms with Gasteiger partial charge in [-0.3, -0.25) is 9.59 Å². The standard InChI is InChI=1S/C22H31N5O2/c1-5-26(6-2)17-12-10-16(11-13-17)24-22(29)20-25-19(21(28)23-15(3)4)18-9-7-8-14-27(18)20/h10-13,15H,5-9,14H2,1-4H3,(H,23,28)(H,24,29). The molecule has 0 atom stereocenters. The van der Waals surface area contributed by atoms with Gasteiger partial charge in [0.05, 0.1) is 5.69 Å². The van der Waals surface area contributed by atoms with E-state index in [0.717, 1.165) is 43.7 Å². The predicted octanol–water partition coefficient (Wildman–Crippen LogP) is 3.46. The fourth-order valence-electron chi connectivity index (χ4n) is 3.76. The summed E-state index contributed by atoms with van der Waals surface area (Å²) < 4.78 is 1.90. The van der Waals surface area contributed by atoms with Crippen molar-refractivity contribution in [1.82, 2.24) is 14.9 Å². The molecule has 0 radical (unpaired) electrons. The highest BCUT2D eigenvalue weighted by molar-refractivity contribution is 6.03. The molecule has 0 unspecified atom stereocenters. The zero-order valence-electron chi connectivity index (χ0n) is 17.8. The van der Waals surface area contributed by atoms with Gasteiger partial charge in [-0.15, -0.1) is 0 Å². The molecule has 2 heterocycles. The molecule has 1 aliphatic rings. The summed E-state index contributed by atoms with van der Waals surface area (Å²) >= 11 is 0. The number of aromatic nitrogens is 2. The summed E-state index contributed by atoms with van der Waals surface area (Å²) in [5.74, 6) is -0.193. The third kappa shape index (κ3) is 4.60. The van der Waals surface area contributed by atoms with Crippen molar-refractivity contribution in [3.05, 3.63) is 41.5 Å². The Balaban J connectivity index is 1.82. The number of carbonyl (C=O) groups is 2. The van der Waals surface area contributed by atoms with Crippen LogP contribution in [0.15, 0.2) is 24.3 Å². The number of anilines is 2. The average molecular weight is 398 g/mol. The molecule has 1 aliphatic heterocycles. The van der Waals surface area contributed by atoms with Gasteiger partial charge >= 0.3 is 0 Å². The zero-order valence-corrected chi connectivity index (χ0v) is 17.8. The fraction of sp³-hybridized carbons (Fsp3) is 0.500. The Bertz CT molecular complexity index is 866. The highest BCUT2D eigenvalue weighted by Gasteiger charge is 2.27. The van der Waals surface area contributed by atoms with Crippen molar-refractivity contribution in [3.63, 3.8) is 0 Å². The number of fused-ring (bicyclic) bond motifs is 1. The molecule has 156 valence electrons. The first kappa shape index (κ1) is 20.9. The summed E-state index contributed by atoms with van der Waals surface area (Å²) in [5, 5.41) is 5.82. The molecule has 0 saturated carbocycles. The van der Waals surface area contributed by atoms with Crippen LogP contribution in [-0.2, 0) is 13.0 Å². The summed E-state index contributed by atoms with van der Waals surface area (Å²) in [5.41, 5.74) is 3.07. The van der Waals surface area contributed by atoms with Gasteiger partial charge in [0.25, 0.3) is 11.8 Å². The van der Waals surface area contributed by atoms with Crippen LogP contribution in [0.3, 0.4) is 0 Å². The van der Waals surface area contributed by atoms with Crippen molar-refractivity contribution in [3.8, 4) is 0 Å². The van der Waals surface area contributed by atoms with Gasteiger partial charge < -0.3 is 20.1 Å². The van der Waals surface area contributed by atoms with E-state index in [9.17, 15) is 9.59 Å². The lowest BCUT2D eigenvalue weighted by Gasteiger charge is -2.21. The van der Waals surface area contributed by atoms with Crippen LogP contribution < -0.4 is 15.5 Å². The Hall–Kier alpha value is -2.83. The van der Waals surface area contributed by atoms with E-state index in [0.29, 0.717) is 23.8 Å². The molecule has 1 aromatic heterocycles. The van der Waals surface area contributed by atoms with E-state index >= 15 is 0 Å². The molecule has 1 aromatic carbocycles. The monoisotopic (exact) mass is 397 g/mol. The highest BCUT2D eigenvalue weighted by Crippen LogP contribution is 2.23. The number of nitrogens with one attached hydrogen (secondary N) is 2. The van der Waals surface area contributed by atoms with Gasteiger partial charge in [-0.1, -0.05) is 0 Å². The molecule has 2 aromatic rings. The smallest absolute Gasteiger partial charge is 0.291 e. The topological polar surface area (TPSA) is 79.3 Å². The highest BCUT2D eigenvalue weighted by atomic mass is 16.2. The Kier molecular flexibility index (Phi) is 6.56. The second kappa shape index (κ2) is 9.11. The van der Waals surface area contributed by atoms with E-state index in [1.54, 1.807) is 0 Å². The Morgan fingerprint density at radius 1 is 1.10 bits per heavy atom. The maximum atomic E-state index is 12.9. The van der Waals surface area contributed by atoms with Gasteiger partial charge in [0.1, 0.15) is 5.69 Å². The van der Waals surface area contributed by atoms with Gasteiger partial charge in [-0.25, -0.2) is 4.98 Å². The summed E-state index contributed by atoms with van der Waals surface area (Å²) in [4.78, 5) is 32.2. The number of rotatable bonds is 7. The first-order valence-corrected chi connectivity index (χ1v) is 10.5. The van der Waals surface area contributed by atoms with Gasteiger partial charge in [-0.05, 0) is 71.2 Å². The second-order valence-electron chi connectivity index (χ2n) is 7.64. The molecule has 0 aliphatic carbocycles. The third-order valence-corrected chi connectivity index (χ3v) is 5.21. The van der Waals surface area contributed by atoms with Gasteiger partial charge in [0, 0.05) is 37.1 Å². The molecule has 0 fully saturated rings. The molecule has 3 rings (SSSR count). The van der Waals surface area contributed by atoms with Crippen LogP contribution >= 0.6 is 0 Å². The van der Waals surface area contributed by atoms with Crippen molar-refractivity contribution in [2.24, 2.45) is 0 Å². The van der Waals surface area contributed by atoms with Crippen LogP contribution in [0, 0.1) is 0 Å². The molecule has 2 N–H and O–H groups in total. The molecular weight excluding hydrogens is 366 g/mol. The molecule has 29 heavy (non-hydrogen) atoms. The predicted molar refractivity (Wildman–Crippen MR) is 116 cm³/mol. The number of hydrogen-bond donors (Lipinski definition) is 2. The van der Waals surface area contributed by atoms with Crippen LogP contribution in [-0.4, -0.2) is 40.5 Å². The van der Waals surface area contributed by atoms with Crippen LogP contribution in [0.5, 0.6) is 0 Å². The second-order valence-corrected chi connectivity index (χ2v) is 7.64. The molecule has 7 heteroatoms. The Labute approximate surface area is 172 Å². The quantitative estimate of drug-likeness (QED) is 0.750. The van der Waals surface area contributed by atoms with Crippen molar-refractivity contribution < 1.29 is 9.59 Å². The van der Waals surface area contributed by atoms with Gasteiger partial charge in [0.15, 0.2) is 5.82 Å². The number of hydrogen-bond acceptors (Lipinski definition) is 4. The molecule has 0 bridgehead atoms. The van der Waals surface area contributed by atoms with Crippen molar-refractivity contribution in [1.29, 1.82) is 0 Å². The zero-order chi connectivity index (χ0) is 21.0. The van der Waals surface area contributed by atoms with E-state index in [4.69, 9.17) is 0 Å². The number of carbonyl (C=O) groups excluding carboxylic acids is 2. The third-order valence-electron chi connectivity index (χ3n) is 5.21. The maximum Gasteiger partial charge on any atom is 0.291 e. The Morgan fingerprint density at radius 2 is 1.79 bits per heavy atom. The Morgan fingerprint density at radius 3 is 2.41 bits per heavy atom. The van der Waals surface area contributed by atoms with Crippen LogP contribution in [0.25, 0.3) is 0 Å². The van der Waals surface area contributed by atoms with Gasteiger partial charge in [0.2, 0.25) is 0 Å². The average Bonchev–Trinajstić information content (AvgIpc) is 3.10. The summed E-state index contributed by atoms with van der Waals surface area (Å²) in [6.07, 6.45) is 2.74. The van der Waals surface area contributed by atoms with E-state index in [2.05, 4.69) is 34.4 Å². The molecule has 2 amide bonds. The number of benzene rings is 1. The summed E-state index contributed by atoms with van der Waals surface area (Å²) in [7, 11) is 0. The van der Waals surface area contributed by atoms with Crippen molar-refractivity contribution >= 4 is 23.2 Å². The molecule has 0 spiro atoms. The molecule has 7 nitrogen and oxygen atoms in total. The normalized spacial score (nSPS) is 13.1. The minimum Gasteiger partial charge on any atom is -0.372 e. The van der Waals surface area contributed by atoms with Crippen molar-refractivity contribution in [2.75, 3.05) is 23.3 Å². The first-order valence-electron chi connectivity index (χ1n) is 10.5. The minimum atomic E-state index is -0.285. The summed E-state index contributed by atoms with van der Waals surface area (Å²) in [6.45, 7) is 10.6. The lowest BCUT2D eigenvalue weighted by atomic mass is 10.1. The minimum absolute atomic E-state index is 0.0186. The van der Waals surface area contributed by atoms with Crippen LogP contribution in [0.4, 0.5) is 11.4 Å². The van der Waals surface area contributed by atoms with Gasteiger partial charge in [-0.2, -0.15) is 0 Å². The maximum absolute atomic E-state index is 12.9. The first-order chi connectivity index (χ1) is 13.9. The van der Waals surface area contributed by atoms with Crippen LogP contribution in [0.1, 0.15) is 67.3 Å². The van der Waals surface area contributed by atoms with Crippen molar-refractivity contribution in [2.45, 2.75) is 59.5 Å². The van der Waals surface area contributed by atoms with E-state index in [-0.39, 0.29) is 17.9 Å². The lowest BCUT2D eigenvalue weighted by molar-refractivity contribution is 0.0937. The van der Waals surface area contributed by atoms with E-state index in [1.807, 2.05) is 42.7 Å². The fourth-order valence-corrected chi connectivity index (χ4v) is 3.76. The number of amides is 2.